The summed E-state index contributed by atoms with van der Waals surface area (Å²) in [5, 5.41) is 3.28. The van der Waals surface area contributed by atoms with Crippen molar-refractivity contribution in [2.24, 2.45) is 0 Å². The minimum atomic E-state index is -0.577. The van der Waals surface area contributed by atoms with E-state index in [0.29, 0.717) is 17.8 Å². The summed E-state index contributed by atoms with van der Waals surface area (Å²) in [7, 11) is 0. The van der Waals surface area contributed by atoms with Gasteiger partial charge in [0.25, 0.3) is 0 Å². The Hall–Kier alpha value is -2.01. The fraction of sp³-hybridized carbons (Fsp3) is 0.312. The summed E-state index contributed by atoms with van der Waals surface area (Å²) in [6, 6.07) is 7.05. The minimum Gasteiger partial charge on any atom is -0.383 e. The number of benzene rings is 1. The molecule has 0 saturated carbocycles. The highest BCUT2D eigenvalue weighted by molar-refractivity contribution is 5.40. The fourth-order valence-corrected chi connectivity index (χ4v) is 2.24. The van der Waals surface area contributed by atoms with Crippen molar-refractivity contribution in [3.63, 3.8) is 0 Å². The van der Waals surface area contributed by atoms with Gasteiger partial charge in [-0.2, -0.15) is 0 Å². The van der Waals surface area contributed by atoms with Crippen molar-refractivity contribution >= 4 is 5.82 Å². The maximum absolute atomic E-state index is 14.0. The zero-order valence-corrected chi connectivity index (χ0v) is 11.9. The fourth-order valence-electron chi connectivity index (χ4n) is 2.24. The molecule has 0 radical (unpaired) electrons. The molecular weight excluding hydrogens is 272 g/mol. The predicted octanol–water partition coefficient (Wildman–Crippen LogP) is 3.23. The zero-order chi connectivity index (χ0) is 15.2. The van der Waals surface area contributed by atoms with Gasteiger partial charge in [0.1, 0.15) is 17.5 Å². The van der Waals surface area contributed by atoms with E-state index >= 15 is 0 Å². The third-order valence-electron chi connectivity index (χ3n) is 3.33. The number of rotatable bonds is 6. The van der Waals surface area contributed by atoms with Crippen molar-refractivity contribution in [2.75, 3.05) is 12.3 Å². The summed E-state index contributed by atoms with van der Waals surface area (Å²) in [6.45, 7) is 2.77. The van der Waals surface area contributed by atoms with Gasteiger partial charge >= 0.3 is 0 Å². The Morgan fingerprint density at radius 2 is 2.10 bits per heavy atom. The van der Waals surface area contributed by atoms with Crippen LogP contribution in [0, 0.1) is 11.6 Å². The van der Waals surface area contributed by atoms with Gasteiger partial charge in [0.05, 0.1) is 0 Å². The van der Waals surface area contributed by atoms with Gasteiger partial charge in [0.15, 0.2) is 0 Å². The highest BCUT2D eigenvalue weighted by Crippen LogP contribution is 2.23. The molecule has 3 N–H and O–H groups in total. The van der Waals surface area contributed by atoms with E-state index in [4.69, 9.17) is 5.73 Å². The maximum atomic E-state index is 14.0. The summed E-state index contributed by atoms with van der Waals surface area (Å²) >= 11 is 0. The molecule has 112 valence electrons. The monoisotopic (exact) mass is 291 g/mol. The molecule has 21 heavy (non-hydrogen) atoms. The number of pyridine rings is 1. The van der Waals surface area contributed by atoms with E-state index in [1.54, 1.807) is 12.3 Å². The van der Waals surface area contributed by atoms with E-state index in [2.05, 4.69) is 10.3 Å². The Kier molecular flexibility index (Phi) is 5.22. The average molecular weight is 291 g/mol. The number of hydrogen-bond acceptors (Lipinski definition) is 3. The normalized spacial score (nSPS) is 12.3. The number of nitrogen functional groups attached to an aromatic ring is 1. The van der Waals surface area contributed by atoms with E-state index in [0.717, 1.165) is 24.6 Å². The molecule has 3 nitrogen and oxygen atoms in total. The van der Waals surface area contributed by atoms with Gasteiger partial charge < -0.3 is 11.1 Å². The third-order valence-corrected chi connectivity index (χ3v) is 3.33. The van der Waals surface area contributed by atoms with Crippen LogP contribution >= 0.6 is 0 Å². The average Bonchev–Trinajstić information content (AvgIpc) is 2.46. The number of hydrogen-bond donors (Lipinski definition) is 2. The number of nitrogens with two attached hydrogens (primary N) is 1. The molecule has 0 fully saturated rings. The molecule has 0 amide bonds. The summed E-state index contributed by atoms with van der Waals surface area (Å²) in [5.74, 6) is -0.694. The van der Waals surface area contributed by atoms with Crippen LogP contribution in [0.4, 0.5) is 14.6 Å². The largest absolute Gasteiger partial charge is 0.383 e. The zero-order valence-electron chi connectivity index (χ0n) is 11.9. The topological polar surface area (TPSA) is 50.9 Å². The Morgan fingerprint density at radius 3 is 2.76 bits per heavy atom. The standard InChI is InChI=1S/C16H19F2N3/c1-2-7-20-15(9-11-4-3-8-21-16(11)19)13-6-5-12(17)10-14(13)18/h3-6,8,10,15,20H,2,7,9H2,1H3,(H2,19,21). The second-order valence-electron chi connectivity index (χ2n) is 4.92. The lowest BCUT2D eigenvalue weighted by Crippen LogP contribution is -2.25. The van der Waals surface area contributed by atoms with Crippen molar-refractivity contribution < 1.29 is 8.78 Å². The van der Waals surface area contributed by atoms with Gasteiger partial charge in [-0.25, -0.2) is 13.8 Å². The van der Waals surface area contributed by atoms with E-state index in [1.807, 2.05) is 13.0 Å². The van der Waals surface area contributed by atoms with Crippen molar-refractivity contribution in [3.05, 3.63) is 59.3 Å². The van der Waals surface area contributed by atoms with Crippen molar-refractivity contribution in [1.29, 1.82) is 0 Å². The van der Waals surface area contributed by atoms with Crippen LogP contribution in [0.15, 0.2) is 36.5 Å². The smallest absolute Gasteiger partial charge is 0.130 e. The molecule has 1 aromatic carbocycles. The Morgan fingerprint density at radius 1 is 1.29 bits per heavy atom. The molecular formula is C16H19F2N3. The van der Waals surface area contributed by atoms with Crippen molar-refractivity contribution in [2.45, 2.75) is 25.8 Å². The van der Waals surface area contributed by atoms with Crippen LogP contribution < -0.4 is 11.1 Å². The van der Waals surface area contributed by atoms with E-state index in [-0.39, 0.29) is 6.04 Å². The number of halogens is 2. The lowest BCUT2D eigenvalue weighted by Gasteiger charge is -2.20. The van der Waals surface area contributed by atoms with Crippen molar-refractivity contribution in [1.82, 2.24) is 10.3 Å². The first-order valence-corrected chi connectivity index (χ1v) is 6.99. The summed E-state index contributed by atoms with van der Waals surface area (Å²) in [6.07, 6.45) is 3.04. The van der Waals surface area contributed by atoms with Crippen LogP contribution in [0.2, 0.25) is 0 Å². The molecule has 1 heterocycles. The molecule has 5 heteroatoms. The Labute approximate surface area is 123 Å². The molecule has 1 unspecified atom stereocenters. The number of aromatic nitrogens is 1. The molecule has 2 rings (SSSR count). The molecule has 1 atom stereocenters. The van der Waals surface area contributed by atoms with Crippen LogP contribution in [-0.4, -0.2) is 11.5 Å². The second kappa shape index (κ2) is 7.13. The van der Waals surface area contributed by atoms with E-state index in [9.17, 15) is 8.78 Å². The first-order chi connectivity index (χ1) is 10.1. The number of nitrogens with one attached hydrogen (secondary N) is 1. The third kappa shape index (κ3) is 3.98. The molecule has 0 saturated heterocycles. The molecule has 0 aliphatic carbocycles. The Balaban J connectivity index is 2.27. The number of nitrogens with zero attached hydrogens (tertiary/aromatic N) is 1. The lowest BCUT2D eigenvalue weighted by molar-refractivity contribution is 0.491. The van der Waals surface area contributed by atoms with Crippen LogP contribution in [0.5, 0.6) is 0 Å². The van der Waals surface area contributed by atoms with Crippen molar-refractivity contribution in [3.8, 4) is 0 Å². The molecule has 1 aromatic heterocycles. The second-order valence-corrected chi connectivity index (χ2v) is 4.92. The Bertz CT molecular complexity index is 602. The van der Waals surface area contributed by atoms with Gasteiger partial charge in [-0.3, -0.25) is 0 Å². The predicted molar refractivity (Wildman–Crippen MR) is 79.7 cm³/mol. The molecule has 0 aliphatic rings. The first-order valence-electron chi connectivity index (χ1n) is 6.99. The quantitative estimate of drug-likeness (QED) is 0.859. The number of anilines is 1. The lowest BCUT2D eigenvalue weighted by atomic mass is 9.98. The molecule has 2 aromatic rings. The molecule has 0 bridgehead atoms. The highest BCUT2D eigenvalue weighted by atomic mass is 19.1. The summed E-state index contributed by atoms with van der Waals surface area (Å²) < 4.78 is 27.1. The summed E-state index contributed by atoms with van der Waals surface area (Å²) in [4.78, 5) is 4.04. The van der Waals surface area contributed by atoms with E-state index in [1.165, 1.54) is 12.1 Å². The minimum absolute atomic E-state index is 0.267. The van der Waals surface area contributed by atoms with Gasteiger partial charge in [0.2, 0.25) is 0 Å². The van der Waals surface area contributed by atoms with Gasteiger partial charge in [0, 0.05) is 23.9 Å². The highest BCUT2D eigenvalue weighted by Gasteiger charge is 2.17. The van der Waals surface area contributed by atoms with Gasteiger partial charge in [-0.05, 0) is 37.1 Å². The van der Waals surface area contributed by atoms with Gasteiger partial charge in [-0.1, -0.05) is 19.1 Å². The van der Waals surface area contributed by atoms with Crippen LogP contribution in [0.1, 0.15) is 30.5 Å². The maximum Gasteiger partial charge on any atom is 0.130 e. The van der Waals surface area contributed by atoms with Crippen LogP contribution in [-0.2, 0) is 6.42 Å². The summed E-state index contributed by atoms with van der Waals surface area (Å²) in [5.41, 5.74) is 7.13. The molecule has 0 spiro atoms. The van der Waals surface area contributed by atoms with Gasteiger partial charge in [-0.15, -0.1) is 0 Å². The molecule has 0 aliphatic heterocycles. The van der Waals surface area contributed by atoms with E-state index < -0.39 is 11.6 Å². The SMILES string of the molecule is CCCNC(Cc1cccnc1N)c1ccc(F)cc1F. The van der Waals surface area contributed by atoms with Crippen LogP contribution in [0.3, 0.4) is 0 Å². The first kappa shape index (κ1) is 15.4. The van der Waals surface area contributed by atoms with Crippen LogP contribution in [0.25, 0.3) is 0 Å².